The maximum Gasteiger partial charge on any atom is 0.271 e. The summed E-state index contributed by atoms with van der Waals surface area (Å²) in [6.07, 6.45) is 3.08. The summed E-state index contributed by atoms with van der Waals surface area (Å²) in [6, 6.07) is 9.66. The number of thiazole rings is 1. The second-order valence-corrected chi connectivity index (χ2v) is 6.33. The lowest BCUT2D eigenvalue weighted by molar-refractivity contribution is 0.0782. The van der Waals surface area contributed by atoms with Crippen molar-refractivity contribution >= 4 is 22.2 Å². The van der Waals surface area contributed by atoms with E-state index in [1.54, 1.807) is 13.2 Å². The fraction of sp³-hybridized carbons (Fsp3) is 0.188. The molecule has 1 amide bonds. The molecule has 112 valence electrons. The van der Waals surface area contributed by atoms with Crippen LogP contribution in [0.4, 0.5) is 0 Å². The largest absolute Gasteiger partial charge is 0.337 e. The summed E-state index contributed by atoms with van der Waals surface area (Å²) >= 11 is 1.42. The van der Waals surface area contributed by atoms with Crippen molar-refractivity contribution in [1.82, 2.24) is 14.3 Å². The van der Waals surface area contributed by atoms with Crippen molar-refractivity contribution in [1.29, 1.82) is 0 Å². The van der Waals surface area contributed by atoms with Gasteiger partial charge in [-0.15, -0.1) is 11.3 Å². The number of hydrogen-bond donors (Lipinski definition) is 0. The number of benzene rings is 1. The highest BCUT2D eigenvalue weighted by Gasteiger charge is 2.18. The van der Waals surface area contributed by atoms with Crippen molar-refractivity contribution in [3.63, 3.8) is 0 Å². The van der Waals surface area contributed by atoms with E-state index in [0.717, 1.165) is 10.4 Å². The number of carbonyl (C=O) groups is 1. The van der Waals surface area contributed by atoms with Crippen molar-refractivity contribution in [2.75, 3.05) is 7.05 Å². The van der Waals surface area contributed by atoms with Crippen molar-refractivity contribution in [2.24, 2.45) is 0 Å². The molecule has 0 saturated carbocycles. The highest BCUT2D eigenvalue weighted by Crippen LogP contribution is 2.13. The Bertz CT molecular complexity index is 883. The van der Waals surface area contributed by atoms with E-state index in [1.807, 2.05) is 37.3 Å². The fourth-order valence-electron chi connectivity index (χ4n) is 2.28. The zero-order valence-corrected chi connectivity index (χ0v) is 13.1. The van der Waals surface area contributed by atoms with Crippen LogP contribution in [0.25, 0.3) is 4.96 Å². The Hall–Kier alpha value is -2.47. The number of rotatable bonds is 3. The second kappa shape index (κ2) is 5.73. The first-order chi connectivity index (χ1) is 10.6. The van der Waals surface area contributed by atoms with Gasteiger partial charge in [-0.3, -0.25) is 14.0 Å². The lowest BCUT2D eigenvalue weighted by Crippen LogP contribution is -2.32. The number of hydrogen-bond acceptors (Lipinski definition) is 4. The Morgan fingerprint density at radius 1 is 1.32 bits per heavy atom. The molecule has 2 heterocycles. The first kappa shape index (κ1) is 14.5. The Morgan fingerprint density at radius 3 is 2.77 bits per heavy atom. The van der Waals surface area contributed by atoms with Crippen molar-refractivity contribution in [2.45, 2.75) is 13.5 Å². The molecule has 0 fully saturated rings. The van der Waals surface area contributed by atoms with Crippen LogP contribution in [0.15, 0.2) is 47.5 Å². The molecule has 0 unspecified atom stereocenters. The van der Waals surface area contributed by atoms with Gasteiger partial charge in [-0.2, -0.15) is 0 Å². The van der Waals surface area contributed by atoms with Gasteiger partial charge in [0.1, 0.15) is 5.56 Å². The first-order valence-electron chi connectivity index (χ1n) is 6.83. The highest BCUT2D eigenvalue weighted by molar-refractivity contribution is 7.16. The van der Waals surface area contributed by atoms with Crippen LogP contribution in [-0.2, 0) is 6.54 Å². The van der Waals surface area contributed by atoms with Crippen LogP contribution in [0.1, 0.15) is 20.8 Å². The van der Waals surface area contributed by atoms with Crippen LogP contribution < -0.4 is 5.56 Å². The van der Waals surface area contributed by atoms with Gasteiger partial charge in [0, 0.05) is 30.9 Å². The standard InChI is InChI=1S/C16H15N3O2S/c1-11-9-19-15(21)13(8-17-16(19)22-11)14(20)18(2)10-12-6-4-3-5-7-12/h3-9H,10H2,1-2H3. The molecule has 0 N–H and O–H groups in total. The molecule has 0 atom stereocenters. The second-order valence-electron chi connectivity index (χ2n) is 5.12. The van der Waals surface area contributed by atoms with Gasteiger partial charge in [0.25, 0.3) is 11.5 Å². The van der Waals surface area contributed by atoms with Crippen LogP contribution >= 0.6 is 11.3 Å². The van der Waals surface area contributed by atoms with Crippen LogP contribution in [0, 0.1) is 6.92 Å². The predicted octanol–water partition coefficient (Wildman–Crippen LogP) is 2.34. The molecule has 2 aromatic heterocycles. The zero-order valence-electron chi connectivity index (χ0n) is 12.3. The van der Waals surface area contributed by atoms with Crippen LogP contribution in [-0.4, -0.2) is 27.2 Å². The molecule has 0 radical (unpaired) electrons. The van der Waals surface area contributed by atoms with Crippen LogP contribution in [0.3, 0.4) is 0 Å². The maximum absolute atomic E-state index is 12.5. The molecule has 0 saturated heterocycles. The third-order valence-corrected chi connectivity index (χ3v) is 4.27. The zero-order chi connectivity index (χ0) is 15.7. The van der Waals surface area contributed by atoms with Crippen molar-refractivity contribution in [3.8, 4) is 0 Å². The fourth-order valence-corrected chi connectivity index (χ4v) is 3.06. The van der Waals surface area contributed by atoms with E-state index >= 15 is 0 Å². The molecule has 0 aliphatic heterocycles. The molecular weight excluding hydrogens is 298 g/mol. The molecule has 3 rings (SSSR count). The van der Waals surface area contributed by atoms with Gasteiger partial charge in [0.2, 0.25) is 0 Å². The minimum atomic E-state index is -0.320. The summed E-state index contributed by atoms with van der Waals surface area (Å²) in [6.45, 7) is 2.35. The minimum Gasteiger partial charge on any atom is -0.337 e. The average molecular weight is 313 g/mol. The van der Waals surface area contributed by atoms with Crippen molar-refractivity contribution < 1.29 is 4.79 Å². The summed E-state index contributed by atoms with van der Waals surface area (Å²) in [5.41, 5.74) is 0.784. The monoisotopic (exact) mass is 313 g/mol. The van der Waals surface area contributed by atoms with E-state index < -0.39 is 0 Å². The number of nitrogens with zero attached hydrogens (tertiary/aromatic N) is 3. The van der Waals surface area contributed by atoms with E-state index in [-0.39, 0.29) is 17.0 Å². The quantitative estimate of drug-likeness (QED) is 0.746. The molecule has 3 aromatic rings. The summed E-state index contributed by atoms with van der Waals surface area (Å²) in [5.74, 6) is -0.320. The molecule has 0 spiro atoms. The lowest BCUT2D eigenvalue weighted by atomic mass is 10.2. The van der Waals surface area contributed by atoms with E-state index in [1.165, 1.54) is 26.8 Å². The van der Waals surface area contributed by atoms with Gasteiger partial charge in [-0.25, -0.2) is 4.98 Å². The number of amides is 1. The Morgan fingerprint density at radius 2 is 2.05 bits per heavy atom. The van der Waals surface area contributed by atoms with E-state index in [2.05, 4.69) is 4.98 Å². The molecule has 5 nitrogen and oxygen atoms in total. The van der Waals surface area contributed by atoms with Gasteiger partial charge in [-0.05, 0) is 12.5 Å². The molecule has 0 aliphatic rings. The smallest absolute Gasteiger partial charge is 0.271 e. The molecule has 0 bridgehead atoms. The summed E-state index contributed by atoms with van der Waals surface area (Å²) in [7, 11) is 1.68. The number of carbonyl (C=O) groups excluding carboxylic acids is 1. The summed E-state index contributed by atoms with van der Waals surface area (Å²) in [4.78, 5) is 32.2. The van der Waals surface area contributed by atoms with Crippen molar-refractivity contribution in [3.05, 3.63) is 69.1 Å². The van der Waals surface area contributed by atoms with Gasteiger partial charge in [-0.1, -0.05) is 30.3 Å². The first-order valence-corrected chi connectivity index (χ1v) is 7.65. The van der Waals surface area contributed by atoms with Crippen LogP contribution in [0.5, 0.6) is 0 Å². The Kier molecular flexibility index (Phi) is 3.77. The minimum absolute atomic E-state index is 0.0914. The molecular formula is C16H15N3O2S. The van der Waals surface area contributed by atoms with Gasteiger partial charge >= 0.3 is 0 Å². The maximum atomic E-state index is 12.5. The SMILES string of the molecule is Cc1cn2c(=O)c(C(=O)N(C)Cc3ccccc3)cnc2s1. The molecule has 6 heteroatoms. The average Bonchev–Trinajstić information content (AvgIpc) is 2.89. The molecule has 22 heavy (non-hydrogen) atoms. The number of fused-ring (bicyclic) bond motifs is 1. The van der Waals surface area contributed by atoms with Gasteiger partial charge in [0.05, 0.1) is 0 Å². The van der Waals surface area contributed by atoms with E-state index in [9.17, 15) is 9.59 Å². The topological polar surface area (TPSA) is 54.7 Å². The Balaban J connectivity index is 1.91. The normalized spacial score (nSPS) is 10.8. The van der Waals surface area contributed by atoms with E-state index in [4.69, 9.17) is 0 Å². The summed E-state index contributed by atoms with van der Waals surface area (Å²) in [5, 5.41) is 0. The number of aryl methyl sites for hydroxylation is 1. The van der Waals surface area contributed by atoms with Crippen LogP contribution in [0.2, 0.25) is 0 Å². The third kappa shape index (κ3) is 2.65. The third-order valence-electron chi connectivity index (χ3n) is 3.36. The predicted molar refractivity (Wildman–Crippen MR) is 86.3 cm³/mol. The van der Waals surface area contributed by atoms with Gasteiger partial charge in [0.15, 0.2) is 4.96 Å². The lowest BCUT2D eigenvalue weighted by Gasteiger charge is -2.16. The molecule has 0 aliphatic carbocycles. The van der Waals surface area contributed by atoms with Gasteiger partial charge < -0.3 is 4.90 Å². The number of aromatic nitrogens is 2. The molecule has 1 aromatic carbocycles. The van der Waals surface area contributed by atoms with E-state index in [0.29, 0.717) is 11.5 Å². The highest BCUT2D eigenvalue weighted by atomic mass is 32.1. The Labute approximate surface area is 131 Å². The summed E-state index contributed by atoms with van der Waals surface area (Å²) < 4.78 is 1.43.